The molecule has 18 heteroatoms. The molecule has 8 aromatic rings. The first-order valence-electron chi connectivity index (χ1n) is 22.1. The average molecular weight is 985 g/mol. The summed E-state index contributed by atoms with van der Waals surface area (Å²) in [6.07, 6.45) is 0.520. The van der Waals surface area contributed by atoms with Crippen molar-refractivity contribution in [1.82, 2.24) is 19.9 Å². The highest BCUT2D eigenvalue weighted by Gasteiger charge is 2.38. The van der Waals surface area contributed by atoms with Crippen LogP contribution in [0, 0.1) is 6.92 Å². The molecule has 4 aromatic carbocycles. The lowest BCUT2D eigenvalue weighted by Crippen LogP contribution is -2.28. The van der Waals surface area contributed by atoms with E-state index in [9.17, 15) is 9.59 Å². The summed E-state index contributed by atoms with van der Waals surface area (Å²) in [7, 11) is 0. The first kappa shape index (κ1) is 45.4. The second kappa shape index (κ2) is 19.0. The summed E-state index contributed by atoms with van der Waals surface area (Å²) in [5, 5.41) is 27.5. The van der Waals surface area contributed by atoms with Crippen molar-refractivity contribution in [3.63, 3.8) is 0 Å². The van der Waals surface area contributed by atoms with Crippen molar-refractivity contribution in [2.75, 3.05) is 20.9 Å². The number of carbonyl (C=O) groups is 2. The lowest BCUT2D eigenvalue weighted by atomic mass is 9.90. The number of amides is 2. The number of hydrazone groups is 4. The van der Waals surface area contributed by atoms with Crippen LogP contribution in [0.15, 0.2) is 146 Å². The molecular formula is C51H44N12O2S4. The van der Waals surface area contributed by atoms with Crippen LogP contribution in [0.25, 0.3) is 22.5 Å². The third-order valence-corrected chi connectivity index (χ3v) is 15.0. The smallest absolute Gasteiger partial charge is 0.265 e. The molecule has 2 amide bonds. The molecule has 4 aromatic heterocycles. The molecule has 0 atom stereocenters. The van der Waals surface area contributed by atoms with Crippen molar-refractivity contribution in [1.29, 1.82) is 0 Å². The highest BCUT2D eigenvalue weighted by atomic mass is 32.1. The predicted octanol–water partition coefficient (Wildman–Crippen LogP) is 11.6. The predicted molar refractivity (Wildman–Crippen MR) is 283 cm³/mol. The van der Waals surface area contributed by atoms with Gasteiger partial charge in [0, 0.05) is 54.6 Å². The Labute approximate surface area is 414 Å². The Hall–Kier alpha value is -7.38. The molecule has 0 fully saturated rings. The zero-order valence-electron chi connectivity index (χ0n) is 38.3. The van der Waals surface area contributed by atoms with Gasteiger partial charge in [0.15, 0.2) is 11.4 Å². The van der Waals surface area contributed by atoms with E-state index in [-0.39, 0.29) is 16.8 Å². The number of aromatic nitrogens is 4. The zero-order valence-corrected chi connectivity index (χ0v) is 41.6. The van der Waals surface area contributed by atoms with E-state index >= 15 is 0 Å². The molecule has 0 bridgehead atoms. The summed E-state index contributed by atoms with van der Waals surface area (Å²) < 4.78 is 0. The summed E-state index contributed by atoms with van der Waals surface area (Å²) >= 11 is 5.66. The molecule has 2 N–H and O–H groups in total. The Morgan fingerprint density at radius 3 is 1.61 bits per heavy atom. The van der Waals surface area contributed by atoms with Crippen LogP contribution in [0.2, 0.25) is 0 Å². The van der Waals surface area contributed by atoms with Crippen molar-refractivity contribution in [3.05, 3.63) is 164 Å². The highest BCUT2D eigenvalue weighted by molar-refractivity contribution is 7.16. The van der Waals surface area contributed by atoms with Gasteiger partial charge < -0.3 is 0 Å². The van der Waals surface area contributed by atoms with E-state index in [0.717, 1.165) is 54.8 Å². The standard InChI is InChI=1S/C51H44N12O2S4/c1-29(2)43-30(3)52-47(69-43)58-57-42-40(61-63(46(42)65)50-54-37(28-67-50)33-20-12-8-13-21-33)35-24-16-17-31(25-35)26-38-44(51(4,5)6)55-48(68-38)59-56-41-39(34-22-14-9-15-23-34)60-62(45(41)64)49-53-36(27-66-49)32-18-10-7-11-19-32/h7-25,27-29H,26H2,1-6H3,(H,52,58)(H,55,59)/b56-41-,57-42-. The number of hydrogen-bond acceptors (Lipinski definition) is 16. The third-order valence-electron chi connectivity index (χ3n) is 11.0. The highest BCUT2D eigenvalue weighted by Crippen LogP contribution is 2.36. The molecule has 69 heavy (non-hydrogen) atoms. The number of anilines is 4. The number of nitrogens with zero attached hydrogens (tertiary/aromatic N) is 10. The van der Waals surface area contributed by atoms with Gasteiger partial charge in [-0.25, -0.2) is 19.9 Å². The maximum absolute atomic E-state index is 14.3. The largest absolute Gasteiger partial charge is 0.303 e. The van der Waals surface area contributed by atoms with Crippen molar-refractivity contribution in [2.45, 2.75) is 59.3 Å². The minimum atomic E-state index is -0.406. The molecular weight excluding hydrogens is 941 g/mol. The first-order chi connectivity index (χ1) is 33.4. The van der Waals surface area contributed by atoms with E-state index in [4.69, 9.17) is 30.3 Å². The van der Waals surface area contributed by atoms with Gasteiger partial charge in [0.2, 0.25) is 20.5 Å². The Kier molecular flexibility index (Phi) is 12.5. The first-order valence-corrected chi connectivity index (χ1v) is 25.5. The number of rotatable bonds is 13. The molecule has 0 saturated carbocycles. The van der Waals surface area contributed by atoms with Crippen LogP contribution in [0.5, 0.6) is 0 Å². The van der Waals surface area contributed by atoms with Crippen LogP contribution in [0.4, 0.5) is 20.5 Å². The molecule has 2 aliphatic heterocycles. The van der Waals surface area contributed by atoms with Crippen molar-refractivity contribution < 1.29 is 9.59 Å². The van der Waals surface area contributed by atoms with Gasteiger partial charge in [0.25, 0.3) is 0 Å². The zero-order chi connectivity index (χ0) is 47.8. The number of nitrogens with one attached hydrogen (secondary N) is 2. The van der Waals surface area contributed by atoms with Crippen molar-refractivity contribution >= 4 is 101 Å². The fraction of sp³-hybridized carbons (Fsp3) is 0.176. The summed E-state index contributed by atoms with van der Waals surface area (Å²) in [6.45, 7) is 12.6. The maximum Gasteiger partial charge on any atom is 0.303 e. The van der Waals surface area contributed by atoms with Gasteiger partial charge in [0.05, 0.1) is 22.8 Å². The van der Waals surface area contributed by atoms with Crippen LogP contribution in [0.3, 0.4) is 0 Å². The lowest BCUT2D eigenvalue weighted by Gasteiger charge is -2.17. The van der Waals surface area contributed by atoms with E-state index in [1.165, 1.54) is 55.4 Å². The fourth-order valence-electron chi connectivity index (χ4n) is 7.76. The van der Waals surface area contributed by atoms with E-state index in [0.29, 0.717) is 49.9 Å². The molecule has 0 unspecified atom stereocenters. The second-order valence-electron chi connectivity index (χ2n) is 17.4. The maximum atomic E-state index is 14.3. The molecule has 2 aliphatic rings. The minimum absolute atomic E-state index is 0.145. The molecule has 14 nitrogen and oxygen atoms in total. The van der Waals surface area contributed by atoms with Gasteiger partial charge in [0.1, 0.15) is 11.4 Å². The van der Waals surface area contributed by atoms with E-state index < -0.39 is 11.8 Å². The van der Waals surface area contributed by atoms with Crippen LogP contribution >= 0.6 is 45.3 Å². The lowest BCUT2D eigenvalue weighted by molar-refractivity contribution is -0.112. The Morgan fingerprint density at radius 2 is 1.10 bits per heavy atom. The molecule has 0 radical (unpaired) electrons. The molecule has 0 aliphatic carbocycles. The van der Waals surface area contributed by atoms with Crippen LogP contribution in [-0.4, -0.2) is 54.6 Å². The second-order valence-corrected chi connectivity index (χ2v) is 21.2. The fourth-order valence-corrected chi connectivity index (χ4v) is 11.4. The molecule has 0 saturated heterocycles. The van der Waals surface area contributed by atoms with Gasteiger partial charge in [-0.2, -0.15) is 30.4 Å². The van der Waals surface area contributed by atoms with Gasteiger partial charge in [-0.05, 0) is 24.5 Å². The average Bonchev–Trinajstić information content (AvgIpc) is 4.23. The number of hydrogen-bond donors (Lipinski definition) is 2. The summed E-state index contributed by atoms with van der Waals surface area (Å²) in [5.74, 6) is -0.515. The summed E-state index contributed by atoms with van der Waals surface area (Å²) in [6, 6.07) is 37.1. The Morgan fingerprint density at radius 1 is 0.609 bits per heavy atom. The topological polar surface area (TPSA) is 166 Å². The Balaban J connectivity index is 0.948. The van der Waals surface area contributed by atoms with Crippen molar-refractivity contribution in [3.8, 4) is 22.5 Å². The van der Waals surface area contributed by atoms with Gasteiger partial charge in [-0.1, -0.05) is 166 Å². The summed E-state index contributed by atoms with van der Waals surface area (Å²) in [5.41, 5.74) is 14.6. The monoisotopic (exact) mass is 984 g/mol. The SMILES string of the molecule is Cc1nc(N/N=C2\C(=O)N(c3nc(-c4ccccc4)cs3)N=C2c2cccc(Cc3sc(N/N=C4\C(=O)N(c5nc(-c6ccccc6)cs5)N=C4c4ccccc4)nc3C(C)(C)C)c2)sc1C(C)C. The van der Waals surface area contributed by atoms with Crippen LogP contribution < -0.4 is 20.9 Å². The normalized spacial score (nSPS) is 15.2. The van der Waals surface area contributed by atoms with Gasteiger partial charge >= 0.3 is 11.8 Å². The quantitative estimate of drug-likeness (QED) is 0.108. The molecule has 344 valence electrons. The number of aryl methyl sites for hydroxylation is 1. The Bertz CT molecular complexity index is 3340. The number of thiazole rings is 4. The number of benzene rings is 4. The molecule has 0 spiro atoms. The third kappa shape index (κ3) is 9.43. The van der Waals surface area contributed by atoms with E-state index in [1.54, 1.807) is 0 Å². The van der Waals surface area contributed by atoms with Gasteiger partial charge in [-0.3, -0.25) is 20.4 Å². The van der Waals surface area contributed by atoms with Gasteiger partial charge in [-0.15, -0.1) is 22.7 Å². The van der Waals surface area contributed by atoms with Crippen molar-refractivity contribution in [2.24, 2.45) is 20.4 Å². The summed E-state index contributed by atoms with van der Waals surface area (Å²) in [4.78, 5) is 50.0. The van der Waals surface area contributed by atoms with E-state index in [1.807, 2.05) is 133 Å². The number of carbonyl (C=O) groups excluding carboxylic acids is 2. The van der Waals surface area contributed by atoms with Crippen LogP contribution in [0.1, 0.15) is 78.4 Å². The van der Waals surface area contributed by atoms with Crippen LogP contribution in [-0.2, 0) is 21.4 Å². The molecule has 10 rings (SSSR count). The van der Waals surface area contributed by atoms with E-state index in [2.05, 4.69) is 55.6 Å². The molecule has 6 heterocycles. The minimum Gasteiger partial charge on any atom is -0.265 e.